The van der Waals surface area contributed by atoms with Gasteiger partial charge in [0.1, 0.15) is 6.10 Å². The molecule has 1 N–H and O–H groups in total. The van der Waals surface area contributed by atoms with Crippen molar-refractivity contribution in [3.8, 4) is 0 Å². The van der Waals surface area contributed by atoms with Gasteiger partial charge in [0.15, 0.2) is 0 Å². The smallest absolute Gasteiger partial charge is 0.307 e. The van der Waals surface area contributed by atoms with Crippen LogP contribution in [0, 0.1) is 0 Å². The molecule has 1 saturated carbocycles. The van der Waals surface area contributed by atoms with Crippen molar-refractivity contribution in [2.45, 2.75) is 51.6 Å². The average molecular weight is 199 g/mol. The molecule has 82 valence electrons. The lowest BCUT2D eigenvalue weighted by atomic mass is 9.98. The van der Waals surface area contributed by atoms with Crippen LogP contribution < -0.4 is 5.32 Å². The average Bonchev–Trinajstić information content (AvgIpc) is 2.20. The lowest BCUT2D eigenvalue weighted by Crippen LogP contribution is -2.24. The van der Waals surface area contributed by atoms with Gasteiger partial charge >= 0.3 is 5.97 Å². The number of esters is 1. The molecule has 1 aliphatic carbocycles. The van der Waals surface area contributed by atoms with Crippen molar-refractivity contribution >= 4 is 5.97 Å². The molecule has 0 aromatic rings. The van der Waals surface area contributed by atoms with E-state index in [1.807, 2.05) is 6.92 Å². The van der Waals surface area contributed by atoms with E-state index in [0.717, 1.165) is 25.9 Å². The summed E-state index contributed by atoms with van der Waals surface area (Å²) in [7, 11) is 0. The molecule has 1 aliphatic rings. The molecular weight excluding hydrogens is 178 g/mol. The van der Waals surface area contributed by atoms with E-state index in [1.165, 1.54) is 19.3 Å². The number of nitrogens with one attached hydrogen (secondary N) is 1. The largest absolute Gasteiger partial charge is 0.462 e. The minimum atomic E-state index is -0.0437. The van der Waals surface area contributed by atoms with E-state index >= 15 is 0 Å². The molecule has 0 radical (unpaired) electrons. The maximum atomic E-state index is 11.3. The highest BCUT2D eigenvalue weighted by atomic mass is 16.5. The van der Waals surface area contributed by atoms with Gasteiger partial charge in [0.25, 0.3) is 0 Å². The second-order valence-electron chi connectivity index (χ2n) is 3.85. The Morgan fingerprint density at radius 2 is 2.07 bits per heavy atom. The van der Waals surface area contributed by atoms with Crippen LogP contribution >= 0.6 is 0 Å². The molecule has 0 bridgehead atoms. The summed E-state index contributed by atoms with van der Waals surface area (Å²) < 4.78 is 5.36. The van der Waals surface area contributed by atoms with Gasteiger partial charge in [-0.2, -0.15) is 0 Å². The summed E-state index contributed by atoms with van der Waals surface area (Å²) in [5.41, 5.74) is 0. The van der Waals surface area contributed by atoms with Gasteiger partial charge in [-0.1, -0.05) is 13.3 Å². The zero-order chi connectivity index (χ0) is 10.2. The minimum Gasteiger partial charge on any atom is -0.462 e. The lowest BCUT2D eigenvalue weighted by molar-refractivity contribution is -0.150. The van der Waals surface area contributed by atoms with E-state index in [9.17, 15) is 4.79 Å². The normalized spacial score (nSPS) is 18.1. The molecule has 0 amide bonds. The van der Waals surface area contributed by atoms with Crippen molar-refractivity contribution in [1.29, 1.82) is 0 Å². The molecule has 0 atom stereocenters. The second kappa shape index (κ2) is 6.82. The second-order valence-corrected chi connectivity index (χ2v) is 3.85. The lowest BCUT2D eigenvalue weighted by Gasteiger charge is -2.21. The third-order valence-corrected chi connectivity index (χ3v) is 2.61. The summed E-state index contributed by atoms with van der Waals surface area (Å²) in [4.78, 5) is 11.3. The Morgan fingerprint density at radius 1 is 1.36 bits per heavy atom. The Bertz CT molecular complexity index is 165. The van der Waals surface area contributed by atoms with Crippen LogP contribution in [-0.4, -0.2) is 25.2 Å². The van der Waals surface area contributed by atoms with Crippen LogP contribution in [0.3, 0.4) is 0 Å². The zero-order valence-corrected chi connectivity index (χ0v) is 9.05. The van der Waals surface area contributed by atoms with Gasteiger partial charge in [0, 0.05) is 6.54 Å². The molecule has 14 heavy (non-hydrogen) atoms. The Morgan fingerprint density at radius 3 is 2.71 bits per heavy atom. The molecule has 3 nitrogen and oxygen atoms in total. The fraction of sp³-hybridized carbons (Fsp3) is 0.909. The van der Waals surface area contributed by atoms with Crippen molar-refractivity contribution in [3.63, 3.8) is 0 Å². The Kier molecular flexibility index (Phi) is 5.60. The molecular formula is C11H21NO2. The molecule has 0 unspecified atom stereocenters. The quantitative estimate of drug-likeness (QED) is 0.542. The molecule has 1 fully saturated rings. The SMILES string of the molecule is CCNCCC(=O)OC1CCCCC1. The molecule has 1 rings (SSSR count). The number of hydrogen-bond donors (Lipinski definition) is 1. The van der Waals surface area contributed by atoms with Crippen molar-refractivity contribution in [1.82, 2.24) is 5.32 Å². The molecule has 0 saturated heterocycles. The summed E-state index contributed by atoms with van der Waals surface area (Å²) in [6.45, 7) is 3.69. The Labute approximate surface area is 86.2 Å². The third-order valence-electron chi connectivity index (χ3n) is 2.61. The minimum absolute atomic E-state index is 0.0437. The van der Waals surface area contributed by atoms with Gasteiger partial charge in [-0.15, -0.1) is 0 Å². The molecule has 0 heterocycles. The predicted octanol–water partition coefficient (Wildman–Crippen LogP) is 1.86. The highest BCUT2D eigenvalue weighted by Crippen LogP contribution is 2.20. The van der Waals surface area contributed by atoms with Gasteiger partial charge in [-0.25, -0.2) is 0 Å². The fourth-order valence-electron chi connectivity index (χ4n) is 1.80. The van der Waals surface area contributed by atoms with Crippen LogP contribution in [0.15, 0.2) is 0 Å². The van der Waals surface area contributed by atoms with E-state index < -0.39 is 0 Å². The summed E-state index contributed by atoms with van der Waals surface area (Å²) in [5, 5.41) is 3.12. The number of ether oxygens (including phenoxy) is 1. The van der Waals surface area contributed by atoms with E-state index in [1.54, 1.807) is 0 Å². The Balaban J connectivity index is 2.06. The maximum absolute atomic E-state index is 11.3. The van der Waals surface area contributed by atoms with E-state index in [4.69, 9.17) is 4.74 Å². The van der Waals surface area contributed by atoms with Crippen LogP contribution in [0.25, 0.3) is 0 Å². The highest BCUT2D eigenvalue weighted by Gasteiger charge is 2.16. The summed E-state index contributed by atoms with van der Waals surface area (Å²) in [6.07, 6.45) is 6.56. The van der Waals surface area contributed by atoms with Gasteiger partial charge in [-0.05, 0) is 32.2 Å². The number of carbonyl (C=O) groups excluding carboxylic acids is 1. The van der Waals surface area contributed by atoms with Crippen LogP contribution in [0.5, 0.6) is 0 Å². The van der Waals surface area contributed by atoms with Gasteiger partial charge in [-0.3, -0.25) is 4.79 Å². The monoisotopic (exact) mass is 199 g/mol. The van der Waals surface area contributed by atoms with Crippen molar-refractivity contribution in [3.05, 3.63) is 0 Å². The Hall–Kier alpha value is -0.570. The third kappa shape index (κ3) is 4.61. The van der Waals surface area contributed by atoms with Crippen LogP contribution in [0.4, 0.5) is 0 Å². The molecule has 0 aromatic carbocycles. The van der Waals surface area contributed by atoms with E-state index in [0.29, 0.717) is 6.42 Å². The van der Waals surface area contributed by atoms with Crippen molar-refractivity contribution in [2.24, 2.45) is 0 Å². The number of rotatable bonds is 5. The van der Waals surface area contributed by atoms with Gasteiger partial charge in [0.2, 0.25) is 0 Å². The van der Waals surface area contributed by atoms with Gasteiger partial charge < -0.3 is 10.1 Å². The topological polar surface area (TPSA) is 38.3 Å². The number of hydrogen-bond acceptors (Lipinski definition) is 3. The van der Waals surface area contributed by atoms with Gasteiger partial charge in [0.05, 0.1) is 6.42 Å². The fourth-order valence-corrected chi connectivity index (χ4v) is 1.80. The summed E-state index contributed by atoms with van der Waals surface area (Å²) >= 11 is 0. The molecule has 0 aromatic heterocycles. The predicted molar refractivity (Wildman–Crippen MR) is 56.1 cm³/mol. The molecule has 0 spiro atoms. The van der Waals surface area contributed by atoms with Crippen molar-refractivity contribution in [2.75, 3.05) is 13.1 Å². The first-order valence-electron chi connectivity index (χ1n) is 5.73. The summed E-state index contributed by atoms with van der Waals surface area (Å²) in [6, 6.07) is 0. The molecule has 3 heteroatoms. The summed E-state index contributed by atoms with van der Waals surface area (Å²) in [5.74, 6) is -0.0437. The first-order valence-corrected chi connectivity index (χ1v) is 5.73. The van der Waals surface area contributed by atoms with E-state index in [-0.39, 0.29) is 12.1 Å². The van der Waals surface area contributed by atoms with Crippen LogP contribution in [0.2, 0.25) is 0 Å². The molecule has 0 aliphatic heterocycles. The van der Waals surface area contributed by atoms with Crippen LogP contribution in [-0.2, 0) is 9.53 Å². The maximum Gasteiger partial charge on any atom is 0.307 e. The van der Waals surface area contributed by atoms with Crippen LogP contribution in [0.1, 0.15) is 45.4 Å². The van der Waals surface area contributed by atoms with E-state index in [2.05, 4.69) is 5.32 Å². The van der Waals surface area contributed by atoms with Crippen molar-refractivity contribution < 1.29 is 9.53 Å². The number of carbonyl (C=O) groups is 1. The first kappa shape index (κ1) is 11.5. The zero-order valence-electron chi connectivity index (χ0n) is 9.05. The highest BCUT2D eigenvalue weighted by molar-refractivity contribution is 5.69. The standard InChI is InChI=1S/C11H21NO2/c1-2-12-9-8-11(13)14-10-6-4-3-5-7-10/h10,12H,2-9H2,1H3. The first-order chi connectivity index (χ1) is 6.83.